The Labute approximate surface area is 127 Å². The van der Waals surface area contributed by atoms with Crippen LogP contribution in [0.4, 0.5) is 4.39 Å². The molecule has 2 aromatic rings. The number of benzene rings is 2. The van der Waals surface area contributed by atoms with Crippen LogP contribution in [0, 0.1) is 12.7 Å². The van der Waals surface area contributed by atoms with Gasteiger partial charge in [0.25, 0.3) is 0 Å². The maximum absolute atomic E-state index is 14.0. The van der Waals surface area contributed by atoms with E-state index < -0.39 is 5.82 Å². The summed E-state index contributed by atoms with van der Waals surface area (Å²) < 4.78 is 14.0. The third kappa shape index (κ3) is 3.13. The van der Waals surface area contributed by atoms with Gasteiger partial charge >= 0.3 is 0 Å². The second-order valence-corrected chi connectivity index (χ2v) is 5.40. The zero-order chi connectivity index (χ0) is 14.7. The highest BCUT2D eigenvalue weighted by Crippen LogP contribution is 2.29. The summed E-state index contributed by atoms with van der Waals surface area (Å²) in [5.41, 5.74) is 4.98. The van der Waals surface area contributed by atoms with Crippen LogP contribution >= 0.6 is 23.2 Å². The van der Waals surface area contributed by atoms with Crippen LogP contribution < -0.4 is 11.3 Å². The maximum Gasteiger partial charge on any atom is 0.145 e. The van der Waals surface area contributed by atoms with Gasteiger partial charge in [-0.2, -0.15) is 0 Å². The van der Waals surface area contributed by atoms with Crippen LogP contribution in [0.25, 0.3) is 0 Å². The van der Waals surface area contributed by atoms with Gasteiger partial charge in [0.2, 0.25) is 0 Å². The minimum atomic E-state index is -0.418. The van der Waals surface area contributed by atoms with Gasteiger partial charge < -0.3 is 0 Å². The average Bonchev–Trinajstić information content (AvgIpc) is 2.44. The third-order valence-electron chi connectivity index (χ3n) is 3.25. The Morgan fingerprint density at radius 1 is 1.20 bits per heavy atom. The van der Waals surface area contributed by atoms with Crippen molar-refractivity contribution in [1.29, 1.82) is 0 Å². The van der Waals surface area contributed by atoms with Crippen molar-refractivity contribution in [1.82, 2.24) is 5.43 Å². The van der Waals surface area contributed by atoms with Crippen LogP contribution in [0.15, 0.2) is 36.4 Å². The molecule has 0 aliphatic heterocycles. The summed E-state index contributed by atoms with van der Waals surface area (Å²) >= 11 is 12.1. The van der Waals surface area contributed by atoms with Gasteiger partial charge in [0.05, 0.1) is 11.1 Å². The van der Waals surface area contributed by atoms with Crippen LogP contribution in [0.5, 0.6) is 0 Å². The Morgan fingerprint density at radius 3 is 2.60 bits per heavy atom. The minimum Gasteiger partial charge on any atom is -0.271 e. The van der Waals surface area contributed by atoms with Gasteiger partial charge in [0.15, 0.2) is 0 Å². The first-order valence-corrected chi connectivity index (χ1v) is 6.94. The molecule has 0 heterocycles. The van der Waals surface area contributed by atoms with E-state index in [1.54, 1.807) is 12.1 Å². The number of rotatable bonds is 4. The number of nitrogens with two attached hydrogens (primary N) is 1. The maximum atomic E-state index is 14.0. The molecular formula is C15H15Cl2FN2. The van der Waals surface area contributed by atoms with E-state index in [4.69, 9.17) is 29.0 Å². The summed E-state index contributed by atoms with van der Waals surface area (Å²) in [5.74, 6) is 5.18. The Balaban J connectivity index is 2.34. The molecule has 0 aliphatic carbocycles. The fraction of sp³-hybridized carbons (Fsp3) is 0.200. The molecule has 3 N–H and O–H groups in total. The first-order valence-electron chi connectivity index (χ1n) is 6.18. The molecule has 0 fully saturated rings. The standard InChI is InChI=1S/C15H15Cl2FN2/c1-9-4-2-6-11(14(9)17)13(20-19)8-10-5-3-7-12(16)15(10)18/h2-7,13,20H,8,19H2,1H3. The Morgan fingerprint density at radius 2 is 1.90 bits per heavy atom. The van der Waals surface area contributed by atoms with Crippen molar-refractivity contribution in [2.75, 3.05) is 0 Å². The van der Waals surface area contributed by atoms with E-state index in [0.29, 0.717) is 17.0 Å². The molecule has 2 rings (SSSR count). The normalized spacial score (nSPS) is 12.4. The highest BCUT2D eigenvalue weighted by Gasteiger charge is 2.17. The molecule has 0 spiro atoms. The lowest BCUT2D eigenvalue weighted by atomic mass is 9.97. The number of nitrogens with one attached hydrogen (secondary N) is 1. The van der Waals surface area contributed by atoms with Crippen LogP contribution in [0.1, 0.15) is 22.7 Å². The van der Waals surface area contributed by atoms with Crippen molar-refractivity contribution in [2.24, 2.45) is 5.84 Å². The molecular weight excluding hydrogens is 298 g/mol. The highest BCUT2D eigenvalue weighted by molar-refractivity contribution is 6.32. The van der Waals surface area contributed by atoms with E-state index in [0.717, 1.165) is 11.1 Å². The van der Waals surface area contributed by atoms with Gasteiger partial charge in [-0.1, -0.05) is 53.5 Å². The molecule has 106 valence electrons. The topological polar surface area (TPSA) is 38.0 Å². The van der Waals surface area contributed by atoms with Crippen LogP contribution in [0.3, 0.4) is 0 Å². The molecule has 0 aliphatic rings. The smallest absolute Gasteiger partial charge is 0.145 e. The van der Waals surface area contributed by atoms with Crippen molar-refractivity contribution in [3.05, 3.63) is 69.0 Å². The van der Waals surface area contributed by atoms with Gasteiger partial charge in [-0.05, 0) is 36.1 Å². The average molecular weight is 313 g/mol. The van der Waals surface area contributed by atoms with E-state index in [-0.39, 0.29) is 11.1 Å². The van der Waals surface area contributed by atoms with E-state index in [9.17, 15) is 4.39 Å². The number of hydrogen-bond donors (Lipinski definition) is 2. The zero-order valence-corrected chi connectivity index (χ0v) is 12.5. The lowest BCUT2D eigenvalue weighted by molar-refractivity contribution is 0.529. The Bertz CT molecular complexity index is 617. The molecule has 0 saturated carbocycles. The second kappa shape index (κ2) is 6.55. The van der Waals surface area contributed by atoms with Gasteiger partial charge in [-0.15, -0.1) is 0 Å². The molecule has 5 heteroatoms. The monoisotopic (exact) mass is 312 g/mol. The summed E-state index contributed by atoms with van der Waals surface area (Å²) in [5, 5.41) is 0.742. The van der Waals surface area contributed by atoms with Crippen LogP contribution in [-0.2, 0) is 6.42 Å². The highest BCUT2D eigenvalue weighted by atomic mass is 35.5. The molecule has 0 saturated heterocycles. The first-order chi connectivity index (χ1) is 9.54. The predicted molar refractivity (Wildman–Crippen MR) is 81.4 cm³/mol. The minimum absolute atomic E-state index is 0.105. The molecule has 0 aromatic heterocycles. The van der Waals surface area contributed by atoms with E-state index >= 15 is 0 Å². The van der Waals surface area contributed by atoms with Crippen molar-refractivity contribution in [3.63, 3.8) is 0 Å². The predicted octanol–water partition coefficient (Wildman–Crippen LogP) is 4.19. The fourth-order valence-electron chi connectivity index (χ4n) is 2.12. The summed E-state index contributed by atoms with van der Waals surface area (Å²) in [6.45, 7) is 1.92. The molecule has 0 bridgehead atoms. The largest absolute Gasteiger partial charge is 0.271 e. The van der Waals surface area contributed by atoms with Crippen LogP contribution in [-0.4, -0.2) is 0 Å². The van der Waals surface area contributed by atoms with Gasteiger partial charge in [0, 0.05) is 5.02 Å². The summed E-state index contributed by atoms with van der Waals surface area (Å²) in [6.07, 6.45) is 0.367. The van der Waals surface area contributed by atoms with Gasteiger partial charge in [-0.3, -0.25) is 11.3 Å². The van der Waals surface area contributed by atoms with Crippen molar-refractivity contribution < 1.29 is 4.39 Å². The summed E-state index contributed by atoms with van der Waals surface area (Å²) in [4.78, 5) is 0. The molecule has 20 heavy (non-hydrogen) atoms. The van der Waals surface area contributed by atoms with Crippen molar-refractivity contribution in [2.45, 2.75) is 19.4 Å². The summed E-state index contributed by atoms with van der Waals surface area (Å²) in [7, 11) is 0. The second-order valence-electron chi connectivity index (χ2n) is 4.61. The number of aryl methyl sites for hydroxylation is 1. The Kier molecular flexibility index (Phi) is 5.00. The van der Waals surface area contributed by atoms with E-state index in [2.05, 4.69) is 5.43 Å². The molecule has 0 radical (unpaired) electrons. The number of halogens is 3. The van der Waals surface area contributed by atoms with Gasteiger partial charge in [-0.25, -0.2) is 4.39 Å². The van der Waals surface area contributed by atoms with Gasteiger partial charge in [0.1, 0.15) is 5.82 Å². The molecule has 1 unspecified atom stereocenters. The van der Waals surface area contributed by atoms with Crippen molar-refractivity contribution in [3.8, 4) is 0 Å². The number of hydrogen-bond acceptors (Lipinski definition) is 2. The Hall–Kier alpha value is -1.13. The fourth-order valence-corrected chi connectivity index (χ4v) is 2.58. The third-order valence-corrected chi connectivity index (χ3v) is 4.06. The molecule has 2 nitrogen and oxygen atoms in total. The first kappa shape index (κ1) is 15.3. The van der Waals surface area contributed by atoms with E-state index in [1.807, 2.05) is 25.1 Å². The van der Waals surface area contributed by atoms with Crippen molar-refractivity contribution >= 4 is 23.2 Å². The van der Waals surface area contributed by atoms with Crippen LogP contribution in [0.2, 0.25) is 10.0 Å². The SMILES string of the molecule is Cc1cccc(C(Cc2cccc(Cl)c2F)NN)c1Cl. The molecule has 2 aromatic carbocycles. The number of hydrazine groups is 1. The molecule has 1 atom stereocenters. The lowest BCUT2D eigenvalue weighted by Crippen LogP contribution is -2.30. The lowest BCUT2D eigenvalue weighted by Gasteiger charge is -2.19. The van der Waals surface area contributed by atoms with E-state index in [1.165, 1.54) is 6.07 Å². The zero-order valence-electron chi connectivity index (χ0n) is 11.0. The quantitative estimate of drug-likeness (QED) is 0.656. The summed E-state index contributed by atoms with van der Waals surface area (Å²) in [6, 6.07) is 10.3. The molecule has 0 amide bonds.